The second-order valence-electron chi connectivity index (χ2n) is 7.21. The number of nitrogens with zero attached hydrogens (tertiary/aromatic N) is 3. The van der Waals surface area contributed by atoms with Gasteiger partial charge in [0.2, 0.25) is 11.0 Å². The van der Waals surface area contributed by atoms with Gasteiger partial charge >= 0.3 is 0 Å². The molecule has 0 fully saturated rings. The fraction of sp³-hybridized carbons (Fsp3) is 0.389. The molecule has 124 valence electrons. The number of anilines is 1. The van der Waals surface area contributed by atoms with Crippen LogP contribution in [0.1, 0.15) is 38.4 Å². The van der Waals surface area contributed by atoms with Gasteiger partial charge in [-0.15, -0.1) is 0 Å². The Morgan fingerprint density at radius 1 is 1.25 bits per heavy atom. The first kappa shape index (κ1) is 15.3. The average Bonchev–Trinajstić information content (AvgIpc) is 3.20. The molecule has 0 saturated carbocycles. The third kappa shape index (κ3) is 2.51. The fourth-order valence-electron chi connectivity index (χ4n) is 2.90. The van der Waals surface area contributed by atoms with Gasteiger partial charge in [-0.2, -0.15) is 9.78 Å². The highest BCUT2D eigenvalue weighted by atomic mass is 32.1. The van der Waals surface area contributed by atoms with E-state index in [0.717, 1.165) is 51.7 Å². The van der Waals surface area contributed by atoms with E-state index in [-0.39, 0.29) is 5.91 Å². The summed E-state index contributed by atoms with van der Waals surface area (Å²) in [7, 11) is 0. The van der Waals surface area contributed by atoms with Crippen LogP contribution in [-0.2, 0) is 17.6 Å². The summed E-state index contributed by atoms with van der Waals surface area (Å²) in [5, 5.41) is 8.64. The molecule has 24 heavy (non-hydrogen) atoms. The number of aromatic nitrogens is 3. The summed E-state index contributed by atoms with van der Waals surface area (Å²) < 4.78 is 2.94. The summed E-state index contributed by atoms with van der Waals surface area (Å²) >= 11 is 1.59. The molecule has 2 heterocycles. The highest BCUT2D eigenvalue weighted by molar-refractivity contribution is 7.20. The first-order valence-corrected chi connectivity index (χ1v) is 9.03. The first-order valence-electron chi connectivity index (χ1n) is 8.21. The van der Waals surface area contributed by atoms with Crippen LogP contribution in [0.15, 0.2) is 24.3 Å². The molecule has 2 aromatic heterocycles. The smallest absolute Gasteiger partial charge is 0.230 e. The first-order chi connectivity index (χ1) is 11.4. The summed E-state index contributed by atoms with van der Waals surface area (Å²) in [5.41, 5.74) is 2.75. The van der Waals surface area contributed by atoms with Gasteiger partial charge in [0.1, 0.15) is 5.82 Å². The van der Waals surface area contributed by atoms with E-state index in [0.29, 0.717) is 0 Å². The monoisotopic (exact) mass is 340 g/mol. The van der Waals surface area contributed by atoms with Crippen molar-refractivity contribution in [1.82, 2.24) is 14.8 Å². The standard InChI is InChI=1S/C18H20N4OS/c1-18(2,3)16(23)20-15-11-7-6-9-12(11)21-22(15)17-19-13-8-4-5-10-14(13)24-17/h4-5,8,10H,6-7,9H2,1-3H3,(H,20,23). The quantitative estimate of drug-likeness (QED) is 0.768. The van der Waals surface area contributed by atoms with Crippen LogP contribution in [0.2, 0.25) is 0 Å². The molecule has 1 amide bonds. The van der Waals surface area contributed by atoms with Crippen molar-refractivity contribution in [2.24, 2.45) is 5.41 Å². The number of para-hydroxylation sites is 1. The SMILES string of the molecule is CC(C)(C)C(=O)Nc1c2c(nn1-c1nc3ccccc3s1)CCC2. The third-order valence-corrected chi connectivity index (χ3v) is 5.30. The number of fused-ring (bicyclic) bond motifs is 2. The minimum Gasteiger partial charge on any atom is -0.310 e. The van der Waals surface area contributed by atoms with Crippen LogP contribution in [0.25, 0.3) is 15.3 Å². The molecule has 4 rings (SSSR count). The van der Waals surface area contributed by atoms with E-state index in [1.165, 1.54) is 0 Å². The fourth-order valence-corrected chi connectivity index (χ4v) is 3.83. The van der Waals surface area contributed by atoms with Crippen LogP contribution in [0.3, 0.4) is 0 Å². The van der Waals surface area contributed by atoms with Crippen molar-refractivity contribution in [2.75, 3.05) is 5.32 Å². The van der Waals surface area contributed by atoms with E-state index in [1.54, 1.807) is 11.3 Å². The molecule has 6 heteroatoms. The van der Waals surface area contributed by atoms with Gasteiger partial charge in [0.15, 0.2) is 0 Å². The van der Waals surface area contributed by atoms with Crippen molar-refractivity contribution >= 4 is 33.3 Å². The maximum atomic E-state index is 12.5. The van der Waals surface area contributed by atoms with Gasteiger partial charge in [-0.3, -0.25) is 4.79 Å². The van der Waals surface area contributed by atoms with Crippen LogP contribution in [0, 0.1) is 5.41 Å². The van der Waals surface area contributed by atoms with Gasteiger partial charge in [-0.25, -0.2) is 4.98 Å². The van der Waals surface area contributed by atoms with Gasteiger partial charge in [0.25, 0.3) is 0 Å². The van der Waals surface area contributed by atoms with E-state index in [9.17, 15) is 4.79 Å². The largest absolute Gasteiger partial charge is 0.310 e. The van der Waals surface area contributed by atoms with Crippen molar-refractivity contribution in [3.63, 3.8) is 0 Å². The molecule has 5 nitrogen and oxygen atoms in total. The van der Waals surface area contributed by atoms with Crippen LogP contribution < -0.4 is 5.32 Å². The molecule has 0 unspecified atom stereocenters. The number of nitrogens with one attached hydrogen (secondary N) is 1. The van der Waals surface area contributed by atoms with Crippen LogP contribution >= 0.6 is 11.3 Å². The minimum absolute atomic E-state index is 0.000499. The summed E-state index contributed by atoms with van der Waals surface area (Å²) in [6.07, 6.45) is 3.02. The van der Waals surface area contributed by atoms with Gasteiger partial charge in [-0.1, -0.05) is 44.2 Å². The van der Waals surface area contributed by atoms with Gasteiger partial charge < -0.3 is 5.32 Å². The average molecular weight is 340 g/mol. The normalized spacial score (nSPS) is 14.1. The molecule has 1 N–H and O–H groups in total. The molecule has 1 aliphatic rings. The Kier molecular flexibility index (Phi) is 3.46. The van der Waals surface area contributed by atoms with E-state index in [2.05, 4.69) is 11.4 Å². The number of hydrogen-bond acceptors (Lipinski definition) is 4. The number of benzene rings is 1. The molecule has 3 aromatic rings. The van der Waals surface area contributed by atoms with E-state index < -0.39 is 5.41 Å². The third-order valence-electron chi connectivity index (χ3n) is 4.28. The van der Waals surface area contributed by atoms with Crippen molar-refractivity contribution in [3.05, 3.63) is 35.5 Å². The molecule has 1 aliphatic carbocycles. The number of hydrogen-bond donors (Lipinski definition) is 1. The van der Waals surface area contributed by atoms with Gasteiger partial charge in [0, 0.05) is 11.0 Å². The lowest BCUT2D eigenvalue weighted by molar-refractivity contribution is -0.123. The summed E-state index contributed by atoms with van der Waals surface area (Å²) in [6.45, 7) is 5.75. The lowest BCUT2D eigenvalue weighted by Crippen LogP contribution is -2.29. The number of carbonyl (C=O) groups excluding carboxylic acids is 1. The lowest BCUT2D eigenvalue weighted by Gasteiger charge is -2.18. The number of carbonyl (C=O) groups is 1. The Balaban J connectivity index is 1.82. The highest BCUT2D eigenvalue weighted by Crippen LogP contribution is 2.34. The minimum atomic E-state index is -0.450. The Morgan fingerprint density at radius 3 is 2.79 bits per heavy atom. The summed E-state index contributed by atoms with van der Waals surface area (Å²) in [5.74, 6) is 0.793. The predicted octanol–water partition coefficient (Wildman–Crippen LogP) is 3.96. The van der Waals surface area contributed by atoms with Crippen LogP contribution in [0.4, 0.5) is 5.82 Å². The maximum Gasteiger partial charge on any atom is 0.230 e. The van der Waals surface area contributed by atoms with Crippen molar-refractivity contribution in [2.45, 2.75) is 40.0 Å². The van der Waals surface area contributed by atoms with E-state index in [4.69, 9.17) is 10.1 Å². The highest BCUT2D eigenvalue weighted by Gasteiger charge is 2.29. The zero-order valence-corrected chi connectivity index (χ0v) is 14.9. The van der Waals surface area contributed by atoms with Crippen molar-refractivity contribution < 1.29 is 4.79 Å². The lowest BCUT2D eigenvalue weighted by atomic mass is 9.95. The molecule has 1 aromatic carbocycles. The number of amides is 1. The second kappa shape index (κ2) is 5.41. The zero-order valence-electron chi connectivity index (χ0n) is 14.1. The van der Waals surface area contributed by atoms with Crippen molar-refractivity contribution in [3.8, 4) is 5.13 Å². The zero-order chi connectivity index (χ0) is 16.9. The number of rotatable bonds is 2. The Labute approximate surface area is 144 Å². The Bertz CT molecular complexity index is 899. The van der Waals surface area contributed by atoms with Crippen molar-refractivity contribution in [1.29, 1.82) is 0 Å². The van der Waals surface area contributed by atoms with E-state index >= 15 is 0 Å². The molecule has 0 saturated heterocycles. The number of aryl methyl sites for hydroxylation is 1. The van der Waals surface area contributed by atoms with Gasteiger partial charge in [-0.05, 0) is 31.4 Å². The Hall–Kier alpha value is -2.21. The maximum absolute atomic E-state index is 12.5. The van der Waals surface area contributed by atoms with Gasteiger partial charge in [0.05, 0.1) is 15.9 Å². The molecular formula is C18H20N4OS. The molecular weight excluding hydrogens is 320 g/mol. The molecule has 0 bridgehead atoms. The van der Waals surface area contributed by atoms with Crippen LogP contribution in [-0.4, -0.2) is 20.7 Å². The second-order valence-corrected chi connectivity index (χ2v) is 8.22. The molecule has 0 atom stereocenters. The predicted molar refractivity (Wildman–Crippen MR) is 96.9 cm³/mol. The van der Waals surface area contributed by atoms with E-state index in [1.807, 2.05) is 43.7 Å². The molecule has 0 spiro atoms. The Morgan fingerprint density at radius 2 is 2.04 bits per heavy atom. The van der Waals surface area contributed by atoms with Crippen LogP contribution in [0.5, 0.6) is 0 Å². The molecule has 0 radical (unpaired) electrons. The molecule has 0 aliphatic heterocycles. The topological polar surface area (TPSA) is 59.8 Å². The summed E-state index contributed by atoms with van der Waals surface area (Å²) in [4.78, 5) is 17.2. The number of thiazole rings is 1. The summed E-state index contributed by atoms with van der Waals surface area (Å²) in [6, 6.07) is 8.05.